The predicted octanol–water partition coefficient (Wildman–Crippen LogP) is 6.37. The van der Waals surface area contributed by atoms with Gasteiger partial charge in [0.05, 0.1) is 0 Å². The number of piperidine rings is 1. The largest absolute Gasteiger partial charge is 0.444 e. The minimum atomic E-state index is -0.541. The molecule has 2 heterocycles. The molecule has 5 nitrogen and oxygen atoms in total. The number of halogens is 1. The van der Waals surface area contributed by atoms with Gasteiger partial charge in [-0.3, -0.25) is 4.90 Å². The van der Waals surface area contributed by atoms with Gasteiger partial charge in [-0.25, -0.2) is 9.18 Å². The zero-order valence-corrected chi connectivity index (χ0v) is 24.0. The van der Waals surface area contributed by atoms with Crippen molar-refractivity contribution in [3.05, 3.63) is 71.5 Å². The second kappa shape index (κ2) is 12.0. The third-order valence-electron chi connectivity index (χ3n) is 9.24. The fourth-order valence-electron chi connectivity index (χ4n) is 7.43. The molecule has 0 bridgehead atoms. The van der Waals surface area contributed by atoms with Crippen molar-refractivity contribution in [1.82, 2.24) is 15.1 Å². The van der Waals surface area contributed by atoms with Crippen molar-refractivity contribution < 1.29 is 13.9 Å². The SMILES string of the molecule is CC(C)(C)OC(=O)N[C@H]1CCC[C@@H]1[C@](CN1CCC1)(c1cccc(F)c1)C1CCN(Cc2ccccc2)CC1. The highest BCUT2D eigenvalue weighted by atomic mass is 19.1. The summed E-state index contributed by atoms with van der Waals surface area (Å²) in [6, 6.07) is 18.1. The molecular weight excluding hydrogens is 489 g/mol. The minimum absolute atomic E-state index is 0.0201. The molecule has 5 rings (SSSR count). The topological polar surface area (TPSA) is 44.8 Å². The maximum atomic E-state index is 14.9. The van der Waals surface area contributed by atoms with Crippen LogP contribution in [0.1, 0.15) is 70.4 Å². The zero-order chi connectivity index (χ0) is 27.5. The molecule has 39 heavy (non-hydrogen) atoms. The van der Waals surface area contributed by atoms with Crippen LogP contribution in [0.25, 0.3) is 0 Å². The van der Waals surface area contributed by atoms with E-state index < -0.39 is 5.60 Å². The Bertz CT molecular complexity index is 1090. The van der Waals surface area contributed by atoms with Crippen LogP contribution in [-0.2, 0) is 16.7 Å². The van der Waals surface area contributed by atoms with Crippen LogP contribution in [0.3, 0.4) is 0 Å². The molecule has 3 aliphatic rings. The highest BCUT2D eigenvalue weighted by Crippen LogP contribution is 2.51. The van der Waals surface area contributed by atoms with Gasteiger partial charge >= 0.3 is 6.09 Å². The Morgan fingerprint density at radius 1 is 0.923 bits per heavy atom. The molecular formula is C33H46FN3O2. The van der Waals surface area contributed by atoms with Gasteiger partial charge in [0, 0.05) is 24.5 Å². The molecule has 1 aliphatic carbocycles. The minimum Gasteiger partial charge on any atom is -0.444 e. The summed E-state index contributed by atoms with van der Waals surface area (Å²) in [5.41, 5.74) is 1.70. The second-order valence-electron chi connectivity index (χ2n) is 13.0. The Morgan fingerprint density at radius 2 is 1.67 bits per heavy atom. The van der Waals surface area contributed by atoms with E-state index in [-0.39, 0.29) is 29.3 Å². The first-order chi connectivity index (χ1) is 18.7. The first-order valence-corrected chi connectivity index (χ1v) is 15.0. The Hall–Kier alpha value is -2.44. The average molecular weight is 536 g/mol. The first-order valence-electron chi connectivity index (χ1n) is 15.0. The van der Waals surface area contributed by atoms with Crippen LogP contribution < -0.4 is 5.32 Å². The normalized spacial score (nSPS) is 24.6. The van der Waals surface area contributed by atoms with E-state index in [2.05, 4.69) is 51.5 Å². The summed E-state index contributed by atoms with van der Waals surface area (Å²) >= 11 is 0. The summed E-state index contributed by atoms with van der Waals surface area (Å²) in [5.74, 6) is 0.479. The lowest BCUT2D eigenvalue weighted by Gasteiger charge is -2.53. The van der Waals surface area contributed by atoms with Crippen LogP contribution in [0.4, 0.5) is 9.18 Å². The predicted molar refractivity (Wildman–Crippen MR) is 154 cm³/mol. The third kappa shape index (κ3) is 6.66. The molecule has 2 aromatic rings. The lowest BCUT2D eigenvalue weighted by atomic mass is 9.57. The van der Waals surface area contributed by atoms with E-state index in [0.29, 0.717) is 5.92 Å². The number of hydrogen-bond donors (Lipinski definition) is 1. The van der Waals surface area contributed by atoms with Gasteiger partial charge < -0.3 is 15.0 Å². The summed E-state index contributed by atoms with van der Waals surface area (Å²) in [4.78, 5) is 18.1. The van der Waals surface area contributed by atoms with Crippen molar-refractivity contribution in [1.29, 1.82) is 0 Å². The number of hydrogen-bond acceptors (Lipinski definition) is 4. The molecule has 0 spiro atoms. The molecule has 1 amide bonds. The number of nitrogens with one attached hydrogen (secondary N) is 1. The molecule has 2 aromatic carbocycles. The Labute approximate surface area is 234 Å². The van der Waals surface area contributed by atoms with Crippen LogP contribution in [0.15, 0.2) is 54.6 Å². The van der Waals surface area contributed by atoms with Crippen molar-refractivity contribution in [3.63, 3.8) is 0 Å². The fourth-order valence-corrected chi connectivity index (χ4v) is 7.43. The molecule has 2 saturated heterocycles. The number of rotatable bonds is 8. The fraction of sp³-hybridized carbons (Fsp3) is 0.606. The van der Waals surface area contributed by atoms with Gasteiger partial charge in [-0.1, -0.05) is 48.9 Å². The van der Waals surface area contributed by atoms with E-state index in [1.54, 1.807) is 12.1 Å². The van der Waals surface area contributed by atoms with Gasteiger partial charge in [-0.15, -0.1) is 0 Å². The number of alkyl carbamates (subject to hydrolysis) is 1. The average Bonchev–Trinajstić information content (AvgIpc) is 3.32. The van der Waals surface area contributed by atoms with Crippen LogP contribution in [0.5, 0.6) is 0 Å². The second-order valence-corrected chi connectivity index (χ2v) is 13.0. The number of likely N-dealkylation sites (tertiary alicyclic amines) is 2. The zero-order valence-electron chi connectivity index (χ0n) is 24.0. The molecule has 2 aliphatic heterocycles. The number of nitrogens with zero attached hydrogens (tertiary/aromatic N) is 2. The number of amides is 1. The van der Waals surface area contributed by atoms with Gasteiger partial charge in [0.25, 0.3) is 0 Å². The molecule has 212 valence electrons. The maximum absolute atomic E-state index is 14.9. The van der Waals surface area contributed by atoms with Gasteiger partial charge in [0.1, 0.15) is 11.4 Å². The number of benzene rings is 2. The standard InChI is InChI=1S/C33H46FN3O2/c1-32(2,3)39-31(38)35-30-15-8-14-29(30)33(24-37-18-9-19-37,27-12-7-13-28(34)22-27)26-16-20-36(21-17-26)23-25-10-5-4-6-11-25/h4-7,10-13,22,26,29-30H,8-9,14-21,23-24H2,1-3H3,(H,35,38)/t29-,30-,33-/m0/s1. The molecule has 0 unspecified atom stereocenters. The molecule has 1 N–H and O–H groups in total. The first kappa shape index (κ1) is 28.1. The van der Waals surface area contributed by atoms with E-state index in [1.807, 2.05) is 26.8 Å². The van der Waals surface area contributed by atoms with E-state index >= 15 is 0 Å². The van der Waals surface area contributed by atoms with E-state index in [1.165, 1.54) is 12.0 Å². The van der Waals surface area contributed by atoms with Gasteiger partial charge in [0.15, 0.2) is 0 Å². The van der Waals surface area contributed by atoms with Crippen molar-refractivity contribution in [2.75, 3.05) is 32.7 Å². The summed E-state index contributed by atoms with van der Waals surface area (Å²) in [6.45, 7) is 11.9. The molecule has 0 radical (unpaired) electrons. The monoisotopic (exact) mass is 535 g/mol. The lowest BCUT2D eigenvalue weighted by Crippen LogP contribution is -2.59. The molecule has 6 heteroatoms. The maximum Gasteiger partial charge on any atom is 0.407 e. The quantitative estimate of drug-likeness (QED) is 0.426. The van der Waals surface area contributed by atoms with Crippen LogP contribution in [0.2, 0.25) is 0 Å². The molecule has 0 aromatic heterocycles. The van der Waals surface area contributed by atoms with Crippen molar-refractivity contribution in [2.45, 2.75) is 82.9 Å². The Kier molecular flexibility index (Phi) is 8.63. The van der Waals surface area contributed by atoms with Crippen molar-refractivity contribution in [2.24, 2.45) is 11.8 Å². The summed E-state index contributed by atoms with van der Waals surface area (Å²) in [6.07, 6.45) is 6.07. The van der Waals surface area contributed by atoms with Crippen molar-refractivity contribution in [3.8, 4) is 0 Å². The Morgan fingerprint density at radius 3 is 2.31 bits per heavy atom. The third-order valence-corrected chi connectivity index (χ3v) is 9.24. The summed E-state index contributed by atoms with van der Waals surface area (Å²) < 4.78 is 20.6. The molecule has 1 saturated carbocycles. The van der Waals surface area contributed by atoms with E-state index in [4.69, 9.17) is 4.74 Å². The summed E-state index contributed by atoms with van der Waals surface area (Å²) in [5, 5.41) is 3.28. The van der Waals surface area contributed by atoms with Gasteiger partial charge in [-0.05, 0) is 114 Å². The van der Waals surface area contributed by atoms with E-state index in [9.17, 15) is 9.18 Å². The number of ether oxygens (including phenoxy) is 1. The highest BCUT2D eigenvalue weighted by molar-refractivity contribution is 5.68. The van der Waals surface area contributed by atoms with E-state index in [0.717, 1.165) is 76.9 Å². The van der Waals surface area contributed by atoms with Crippen molar-refractivity contribution >= 4 is 6.09 Å². The highest BCUT2D eigenvalue weighted by Gasteiger charge is 2.53. The molecule has 3 fully saturated rings. The molecule has 3 atom stereocenters. The smallest absolute Gasteiger partial charge is 0.407 e. The lowest BCUT2D eigenvalue weighted by molar-refractivity contribution is 0.0186. The van der Waals surface area contributed by atoms with Gasteiger partial charge in [0.2, 0.25) is 0 Å². The van der Waals surface area contributed by atoms with Gasteiger partial charge in [-0.2, -0.15) is 0 Å². The summed E-state index contributed by atoms with van der Waals surface area (Å²) in [7, 11) is 0. The number of carbonyl (C=O) groups is 1. The van der Waals surface area contributed by atoms with Crippen LogP contribution in [0, 0.1) is 17.7 Å². The number of carbonyl (C=O) groups excluding carboxylic acids is 1. The van der Waals surface area contributed by atoms with Crippen LogP contribution in [-0.4, -0.2) is 60.3 Å². The van der Waals surface area contributed by atoms with Crippen LogP contribution >= 0.6 is 0 Å². The Balaban J connectivity index is 1.45.